The minimum absolute atomic E-state index is 0.0267. The smallest absolute Gasteiger partial charge is 0.273 e. The molecule has 1 aliphatic heterocycles. The maximum Gasteiger partial charge on any atom is 0.273 e. The second-order valence-corrected chi connectivity index (χ2v) is 6.75. The Morgan fingerprint density at radius 2 is 1.91 bits per heavy atom. The van der Waals surface area contributed by atoms with E-state index in [4.69, 9.17) is 0 Å². The molecular weight excluding hydrogens is 310 g/mol. The number of carbonyl (C=O) groups is 1. The summed E-state index contributed by atoms with van der Waals surface area (Å²) in [6.45, 7) is 3.85. The van der Waals surface area contributed by atoms with Crippen molar-refractivity contribution in [1.29, 1.82) is 0 Å². The number of nitro benzene ring substituents is 1. The van der Waals surface area contributed by atoms with Crippen LogP contribution in [0.1, 0.15) is 41.3 Å². The molecule has 0 aliphatic carbocycles. The summed E-state index contributed by atoms with van der Waals surface area (Å²) < 4.78 is 0. The quantitative estimate of drug-likeness (QED) is 0.450. The second-order valence-electron chi connectivity index (χ2n) is 5.67. The van der Waals surface area contributed by atoms with Crippen LogP contribution in [0.25, 0.3) is 6.08 Å². The SMILES string of the molecule is CC(C)c1ccc(C=C2Sc3ccccc3C2=O)cc1[N+](=O)[O-]. The lowest BCUT2D eigenvalue weighted by atomic mass is 9.99. The Balaban J connectivity index is 2.00. The van der Waals surface area contributed by atoms with Crippen LogP contribution in [-0.4, -0.2) is 10.7 Å². The molecule has 0 saturated heterocycles. The molecule has 0 radical (unpaired) electrons. The van der Waals surface area contributed by atoms with Gasteiger partial charge in [0.25, 0.3) is 5.69 Å². The molecule has 0 amide bonds. The Hall–Kier alpha value is -2.40. The summed E-state index contributed by atoms with van der Waals surface area (Å²) in [7, 11) is 0. The fourth-order valence-corrected chi connectivity index (χ4v) is 3.64. The lowest BCUT2D eigenvalue weighted by Gasteiger charge is -2.07. The third-order valence-electron chi connectivity index (χ3n) is 3.75. The van der Waals surface area contributed by atoms with E-state index in [0.717, 1.165) is 4.90 Å². The Bertz CT molecular complexity index is 840. The van der Waals surface area contributed by atoms with Crippen molar-refractivity contribution in [3.63, 3.8) is 0 Å². The number of nitro groups is 1. The van der Waals surface area contributed by atoms with Crippen LogP contribution in [0, 0.1) is 10.1 Å². The van der Waals surface area contributed by atoms with Gasteiger partial charge in [-0.3, -0.25) is 14.9 Å². The van der Waals surface area contributed by atoms with Crippen molar-refractivity contribution >= 4 is 29.3 Å². The first-order valence-electron chi connectivity index (χ1n) is 7.29. The molecule has 23 heavy (non-hydrogen) atoms. The Morgan fingerprint density at radius 1 is 1.17 bits per heavy atom. The number of ketones is 1. The van der Waals surface area contributed by atoms with E-state index < -0.39 is 0 Å². The lowest BCUT2D eigenvalue weighted by Crippen LogP contribution is -1.98. The van der Waals surface area contributed by atoms with Crippen LogP contribution >= 0.6 is 11.8 Å². The Morgan fingerprint density at radius 3 is 2.57 bits per heavy atom. The molecule has 2 aromatic carbocycles. The highest BCUT2D eigenvalue weighted by molar-refractivity contribution is 8.04. The van der Waals surface area contributed by atoms with Gasteiger partial charge in [0.1, 0.15) is 0 Å². The van der Waals surface area contributed by atoms with E-state index in [1.54, 1.807) is 24.3 Å². The molecule has 0 aromatic heterocycles. The molecule has 1 aliphatic rings. The first kappa shape index (κ1) is 15.5. The van der Waals surface area contributed by atoms with Crippen LogP contribution in [0.4, 0.5) is 5.69 Å². The number of nitrogens with zero attached hydrogens (tertiary/aromatic N) is 1. The van der Waals surface area contributed by atoms with Crippen LogP contribution in [0.5, 0.6) is 0 Å². The number of benzene rings is 2. The number of fused-ring (bicyclic) bond motifs is 1. The molecule has 1 heterocycles. The van der Waals surface area contributed by atoms with Crippen LogP contribution < -0.4 is 0 Å². The topological polar surface area (TPSA) is 60.2 Å². The molecule has 4 nitrogen and oxygen atoms in total. The molecule has 0 saturated carbocycles. The summed E-state index contributed by atoms with van der Waals surface area (Å²) in [5.41, 5.74) is 2.16. The van der Waals surface area contributed by atoms with Crippen molar-refractivity contribution in [2.24, 2.45) is 0 Å². The van der Waals surface area contributed by atoms with Gasteiger partial charge in [-0.25, -0.2) is 0 Å². The molecule has 3 rings (SSSR count). The van der Waals surface area contributed by atoms with E-state index in [-0.39, 0.29) is 22.3 Å². The maximum atomic E-state index is 12.4. The zero-order valence-electron chi connectivity index (χ0n) is 12.8. The molecular formula is C18H15NO3S. The molecule has 0 N–H and O–H groups in total. The number of rotatable bonds is 3. The number of thioether (sulfide) groups is 1. The molecule has 0 spiro atoms. The number of hydrogen-bond acceptors (Lipinski definition) is 4. The van der Waals surface area contributed by atoms with Gasteiger partial charge in [0.15, 0.2) is 0 Å². The van der Waals surface area contributed by atoms with Crippen molar-refractivity contribution in [3.8, 4) is 0 Å². The van der Waals surface area contributed by atoms with Gasteiger partial charge in [0.2, 0.25) is 5.78 Å². The molecule has 0 bridgehead atoms. The number of carbonyl (C=O) groups excluding carboxylic acids is 1. The van der Waals surface area contributed by atoms with E-state index in [0.29, 0.717) is 21.6 Å². The second kappa shape index (κ2) is 6.01. The molecule has 116 valence electrons. The highest BCUT2D eigenvalue weighted by atomic mass is 32.2. The van der Waals surface area contributed by atoms with Crippen LogP contribution in [-0.2, 0) is 0 Å². The van der Waals surface area contributed by atoms with E-state index in [1.807, 2.05) is 38.1 Å². The van der Waals surface area contributed by atoms with Crippen LogP contribution in [0.2, 0.25) is 0 Å². The van der Waals surface area contributed by atoms with Gasteiger partial charge in [-0.15, -0.1) is 0 Å². The van der Waals surface area contributed by atoms with Crippen LogP contribution in [0.3, 0.4) is 0 Å². The highest BCUT2D eigenvalue weighted by Crippen LogP contribution is 2.41. The van der Waals surface area contributed by atoms with Crippen molar-refractivity contribution in [3.05, 3.63) is 74.2 Å². The van der Waals surface area contributed by atoms with Crippen molar-refractivity contribution in [2.45, 2.75) is 24.7 Å². The first-order chi connectivity index (χ1) is 11.0. The van der Waals surface area contributed by atoms with Crippen LogP contribution in [0.15, 0.2) is 52.3 Å². The average molecular weight is 325 g/mol. The third kappa shape index (κ3) is 2.92. The number of Topliss-reactive ketones (excluding diaryl/α,β-unsaturated/α-hetero) is 1. The maximum absolute atomic E-state index is 12.4. The van der Waals surface area contributed by atoms with E-state index in [9.17, 15) is 14.9 Å². The predicted octanol–water partition coefficient (Wildman–Crippen LogP) is 5.05. The summed E-state index contributed by atoms with van der Waals surface area (Å²) in [6, 6.07) is 12.6. The van der Waals surface area contributed by atoms with Gasteiger partial charge in [0, 0.05) is 22.1 Å². The molecule has 0 atom stereocenters. The fraction of sp³-hybridized carbons (Fsp3) is 0.167. The molecule has 2 aromatic rings. The predicted molar refractivity (Wildman–Crippen MR) is 91.8 cm³/mol. The van der Waals surface area contributed by atoms with E-state index in [1.165, 1.54) is 11.8 Å². The highest BCUT2D eigenvalue weighted by Gasteiger charge is 2.25. The standard InChI is InChI=1S/C18H15NO3S/c1-11(2)13-8-7-12(9-15(13)19(21)22)10-17-18(20)14-5-3-4-6-16(14)23-17/h3-11H,1-2H3. The Labute approximate surface area is 138 Å². The van der Waals surface area contributed by atoms with Gasteiger partial charge in [-0.2, -0.15) is 0 Å². The van der Waals surface area contributed by atoms with Crippen molar-refractivity contribution in [2.75, 3.05) is 0 Å². The van der Waals surface area contributed by atoms with Gasteiger partial charge in [0.05, 0.1) is 9.83 Å². The average Bonchev–Trinajstić information content (AvgIpc) is 2.83. The summed E-state index contributed by atoms with van der Waals surface area (Å²) in [5.74, 6) is 0.0463. The van der Waals surface area contributed by atoms with Crippen molar-refractivity contribution < 1.29 is 9.72 Å². The van der Waals surface area contributed by atoms with Gasteiger partial charge < -0.3 is 0 Å². The van der Waals surface area contributed by atoms with Gasteiger partial charge in [-0.1, -0.05) is 49.9 Å². The van der Waals surface area contributed by atoms with Crippen molar-refractivity contribution in [1.82, 2.24) is 0 Å². The largest absolute Gasteiger partial charge is 0.288 e. The first-order valence-corrected chi connectivity index (χ1v) is 8.10. The third-order valence-corrected chi connectivity index (χ3v) is 4.85. The van der Waals surface area contributed by atoms with Gasteiger partial charge >= 0.3 is 0 Å². The summed E-state index contributed by atoms with van der Waals surface area (Å²) in [5, 5.41) is 11.3. The lowest BCUT2D eigenvalue weighted by molar-refractivity contribution is -0.385. The summed E-state index contributed by atoms with van der Waals surface area (Å²) >= 11 is 1.41. The Kier molecular flexibility index (Phi) is 4.05. The molecule has 0 fully saturated rings. The number of hydrogen-bond donors (Lipinski definition) is 0. The zero-order chi connectivity index (χ0) is 16.6. The summed E-state index contributed by atoms with van der Waals surface area (Å²) in [4.78, 5) is 24.8. The van der Waals surface area contributed by atoms with E-state index >= 15 is 0 Å². The molecule has 5 heteroatoms. The minimum Gasteiger partial charge on any atom is -0.288 e. The minimum atomic E-state index is -0.365. The summed E-state index contributed by atoms with van der Waals surface area (Å²) in [6.07, 6.45) is 1.73. The normalized spacial score (nSPS) is 15.3. The fourth-order valence-electron chi connectivity index (χ4n) is 2.58. The monoisotopic (exact) mass is 325 g/mol. The number of allylic oxidation sites excluding steroid dienone is 1. The zero-order valence-corrected chi connectivity index (χ0v) is 13.6. The van der Waals surface area contributed by atoms with Gasteiger partial charge in [-0.05, 0) is 29.7 Å². The van der Waals surface area contributed by atoms with E-state index in [2.05, 4.69) is 0 Å². The molecule has 0 unspecified atom stereocenters.